The average molecular weight is 310 g/mol. The summed E-state index contributed by atoms with van der Waals surface area (Å²) in [6, 6.07) is 0. The lowest BCUT2D eigenvalue weighted by atomic mass is 10.2. The monoisotopic (exact) mass is 310 g/mol. The third-order valence-electron chi connectivity index (χ3n) is 2.68. The van der Waals surface area contributed by atoms with Crippen LogP contribution in [0.3, 0.4) is 0 Å². The van der Waals surface area contributed by atoms with Gasteiger partial charge in [0, 0.05) is 20.1 Å². The first-order valence-electron chi connectivity index (χ1n) is 6.69. The van der Waals surface area contributed by atoms with Gasteiger partial charge in [0.2, 0.25) is 0 Å². The molecule has 1 heterocycles. The summed E-state index contributed by atoms with van der Waals surface area (Å²) in [4.78, 5) is 24.4. The van der Waals surface area contributed by atoms with Crippen molar-refractivity contribution in [1.82, 2.24) is 10.6 Å². The number of nitrogens with one attached hydrogen (secondary N) is 3. The van der Waals surface area contributed by atoms with Crippen LogP contribution in [0.2, 0.25) is 0 Å². The minimum atomic E-state index is -0.308. The Balaban J connectivity index is 3.13. The van der Waals surface area contributed by atoms with Crippen molar-refractivity contribution in [2.24, 2.45) is 5.92 Å². The lowest BCUT2D eigenvalue weighted by Gasteiger charge is -2.09. The van der Waals surface area contributed by atoms with Crippen LogP contribution < -0.4 is 21.7 Å². The molecule has 0 aliphatic carbocycles. The van der Waals surface area contributed by atoms with E-state index in [0.29, 0.717) is 34.4 Å². The van der Waals surface area contributed by atoms with Crippen molar-refractivity contribution >= 4 is 33.8 Å². The Labute approximate surface area is 128 Å². The molecule has 0 aliphatic rings. The minimum absolute atomic E-state index is 0.201. The average Bonchev–Trinajstić information content (AvgIpc) is 2.78. The predicted molar refractivity (Wildman–Crippen MR) is 88.0 cm³/mol. The topological polar surface area (TPSA) is 96.2 Å². The van der Waals surface area contributed by atoms with Gasteiger partial charge in [0.25, 0.3) is 11.8 Å². The molecule has 1 rings (SSSR count). The fourth-order valence-corrected chi connectivity index (χ4v) is 2.67. The Morgan fingerprint density at radius 2 is 2.05 bits per heavy atom. The van der Waals surface area contributed by atoms with E-state index in [1.165, 1.54) is 18.4 Å². The second kappa shape index (κ2) is 7.68. The zero-order chi connectivity index (χ0) is 16.0. The first-order chi connectivity index (χ1) is 9.92. The molecular formula is C14H22N4O2S. The number of hydrogen-bond donors (Lipinski definition) is 4. The van der Waals surface area contributed by atoms with E-state index < -0.39 is 0 Å². The zero-order valence-corrected chi connectivity index (χ0v) is 13.4. The molecule has 21 heavy (non-hydrogen) atoms. The van der Waals surface area contributed by atoms with Crippen LogP contribution in [-0.2, 0) is 0 Å². The van der Waals surface area contributed by atoms with E-state index in [-0.39, 0.29) is 17.5 Å². The van der Waals surface area contributed by atoms with Gasteiger partial charge in [-0.25, -0.2) is 0 Å². The third kappa shape index (κ3) is 4.22. The van der Waals surface area contributed by atoms with Gasteiger partial charge in [0.1, 0.15) is 9.88 Å². The number of carbonyl (C=O) groups is 2. The highest BCUT2D eigenvalue weighted by Gasteiger charge is 2.24. The molecular weight excluding hydrogens is 288 g/mol. The van der Waals surface area contributed by atoms with Crippen LogP contribution in [0.4, 0.5) is 10.7 Å². The molecule has 0 aliphatic heterocycles. The standard InChI is InChI=1S/C14H22N4O2S/c1-5-6-17-13(20)11-10(15)9(12(19)16-4)14(21-11)18-7-8(2)3/h5,8,18H,1,6-7,15H2,2-4H3,(H,16,19)(H,17,20). The maximum atomic E-state index is 12.1. The van der Waals surface area contributed by atoms with Gasteiger partial charge in [-0.05, 0) is 5.92 Å². The molecule has 1 aromatic rings. The number of thiophene rings is 1. The summed E-state index contributed by atoms with van der Waals surface area (Å²) in [7, 11) is 1.53. The molecule has 0 unspecified atom stereocenters. The molecule has 0 aromatic carbocycles. The summed E-state index contributed by atoms with van der Waals surface area (Å²) in [6.45, 7) is 8.70. The maximum absolute atomic E-state index is 12.1. The predicted octanol–water partition coefficient (Wildman–Crippen LogP) is 1.67. The summed E-state index contributed by atoms with van der Waals surface area (Å²) in [5.74, 6) is -0.207. The Hall–Kier alpha value is -2.02. The lowest BCUT2D eigenvalue weighted by Crippen LogP contribution is -2.24. The quantitative estimate of drug-likeness (QED) is 0.576. The van der Waals surface area contributed by atoms with Crippen LogP contribution in [-0.4, -0.2) is 32.0 Å². The van der Waals surface area contributed by atoms with Gasteiger partial charge in [-0.15, -0.1) is 17.9 Å². The Kier molecular flexibility index (Phi) is 6.23. The molecule has 0 spiro atoms. The molecule has 6 nitrogen and oxygen atoms in total. The molecule has 116 valence electrons. The minimum Gasteiger partial charge on any atom is -0.397 e. The van der Waals surface area contributed by atoms with Crippen LogP contribution in [0.1, 0.15) is 33.9 Å². The SMILES string of the molecule is C=CCNC(=O)c1sc(NCC(C)C)c(C(=O)NC)c1N. The van der Waals surface area contributed by atoms with Crippen LogP contribution >= 0.6 is 11.3 Å². The Morgan fingerprint density at radius 1 is 1.38 bits per heavy atom. The summed E-state index contributed by atoms with van der Waals surface area (Å²) in [5, 5.41) is 9.00. The highest BCUT2D eigenvalue weighted by Crippen LogP contribution is 2.35. The van der Waals surface area contributed by atoms with E-state index in [1.54, 1.807) is 6.08 Å². The normalized spacial score (nSPS) is 10.3. The summed E-state index contributed by atoms with van der Waals surface area (Å²) in [6.07, 6.45) is 1.58. The number of hydrogen-bond acceptors (Lipinski definition) is 5. The van der Waals surface area contributed by atoms with E-state index in [0.717, 1.165) is 0 Å². The van der Waals surface area contributed by atoms with Gasteiger partial charge in [0.15, 0.2) is 0 Å². The van der Waals surface area contributed by atoms with Crippen molar-refractivity contribution in [3.05, 3.63) is 23.1 Å². The summed E-state index contributed by atoms with van der Waals surface area (Å²) < 4.78 is 0. The molecule has 0 saturated carbocycles. The van der Waals surface area contributed by atoms with Gasteiger partial charge in [-0.1, -0.05) is 19.9 Å². The second-order valence-electron chi connectivity index (χ2n) is 4.90. The molecule has 0 atom stereocenters. The zero-order valence-electron chi connectivity index (χ0n) is 12.6. The number of carbonyl (C=O) groups excluding carboxylic acids is 2. The van der Waals surface area contributed by atoms with Crippen molar-refractivity contribution in [1.29, 1.82) is 0 Å². The van der Waals surface area contributed by atoms with Crippen molar-refractivity contribution in [2.45, 2.75) is 13.8 Å². The molecule has 7 heteroatoms. The van der Waals surface area contributed by atoms with Crippen LogP contribution in [0.15, 0.2) is 12.7 Å². The molecule has 0 bridgehead atoms. The summed E-state index contributed by atoms with van der Waals surface area (Å²) >= 11 is 1.19. The van der Waals surface area contributed by atoms with E-state index in [9.17, 15) is 9.59 Å². The Bertz CT molecular complexity index is 537. The van der Waals surface area contributed by atoms with Gasteiger partial charge < -0.3 is 21.7 Å². The largest absolute Gasteiger partial charge is 0.397 e. The molecule has 0 fully saturated rings. The molecule has 2 amide bonds. The van der Waals surface area contributed by atoms with Gasteiger partial charge in [-0.3, -0.25) is 9.59 Å². The number of nitrogens with two attached hydrogens (primary N) is 1. The molecule has 0 saturated heterocycles. The second-order valence-corrected chi connectivity index (χ2v) is 5.92. The molecule has 0 radical (unpaired) electrons. The highest BCUT2D eigenvalue weighted by atomic mass is 32.1. The van der Waals surface area contributed by atoms with Crippen molar-refractivity contribution in [2.75, 3.05) is 31.2 Å². The fourth-order valence-electron chi connectivity index (χ4n) is 1.63. The Morgan fingerprint density at radius 3 is 2.57 bits per heavy atom. The third-order valence-corrected chi connectivity index (χ3v) is 3.85. The van der Waals surface area contributed by atoms with Gasteiger partial charge >= 0.3 is 0 Å². The van der Waals surface area contributed by atoms with E-state index in [1.807, 2.05) is 0 Å². The molecule has 1 aromatic heterocycles. The first kappa shape index (κ1) is 17.0. The number of anilines is 2. The number of rotatable bonds is 7. The fraction of sp³-hybridized carbons (Fsp3) is 0.429. The number of amides is 2. The van der Waals surface area contributed by atoms with Crippen molar-refractivity contribution in [3.8, 4) is 0 Å². The van der Waals surface area contributed by atoms with Crippen LogP contribution in [0, 0.1) is 5.92 Å². The van der Waals surface area contributed by atoms with Crippen molar-refractivity contribution in [3.63, 3.8) is 0 Å². The number of nitrogen functional groups attached to an aromatic ring is 1. The van der Waals surface area contributed by atoms with Gasteiger partial charge in [0.05, 0.1) is 11.3 Å². The smallest absolute Gasteiger partial charge is 0.263 e. The van der Waals surface area contributed by atoms with Crippen LogP contribution in [0.5, 0.6) is 0 Å². The molecule has 5 N–H and O–H groups in total. The first-order valence-corrected chi connectivity index (χ1v) is 7.51. The lowest BCUT2D eigenvalue weighted by molar-refractivity contribution is 0.0960. The highest BCUT2D eigenvalue weighted by molar-refractivity contribution is 7.19. The van der Waals surface area contributed by atoms with Crippen LogP contribution in [0.25, 0.3) is 0 Å². The van der Waals surface area contributed by atoms with Crippen molar-refractivity contribution < 1.29 is 9.59 Å². The van der Waals surface area contributed by atoms with E-state index >= 15 is 0 Å². The van der Waals surface area contributed by atoms with E-state index in [4.69, 9.17) is 5.73 Å². The van der Waals surface area contributed by atoms with E-state index in [2.05, 4.69) is 36.4 Å². The summed E-state index contributed by atoms with van der Waals surface area (Å²) in [5.41, 5.74) is 6.51. The van der Waals surface area contributed by atoms with Gasteiger partial charge in [-0.2, -0.15) is 0 Å². The maximum Gasteiger partial charge on any atom is 0.263 e.